The van der Waals surface area contributed by atoms with Gasteiger partial charge in [0.25, 0.3) is 5.91 Å². The third kappa shape index (κ3) is 11.8. The average molecular weight is 547 g/mol. The van der Waals surface area contributed by atoms with Crippen molar-refractivity contribution in [1.29, 1.82) is 0 Å². The first-order chi connectivity index (χ1) is 14.0. The molecule has 1 aromatic carbocycles. The van der Waals surface area contributed by atoms with Crippen molar-refractivity contribution in [3.05, 3.63) is 35.4 Å². The second-order valence-electron chi connectivity index (χ2n) is 8.24. The fraction of sp³-hybridized carbons (Fsp3) is 0.591. The van der Waals surface area contributed by atoms with Crippen LogP contribution in [0.25, 0.3) is 0 Å². The van der Waals surface area contributed by atoms with Crippen molar-refractivity contribution in [2.24, 2.45) is 4.99 Å². The minimum atomic E-state index is -0.510. The number of benzene rings is 1. The number of guanidine groups is 1. The van der Waals surface area contributed by atoms with Gasteiger partial charge in [-0.05, 0) is 51.8 Å². The van der Waals surface area contributed by atoms with Crippen molar-refractivity contribution < 1.29 is 14.3 Å². The van der Waals surface area contributed by atoms with E-state index in [-0.39, 0.29) is 36.0 Å². The number of carbonyl (C=O) groups is 2. The van der Waals surface area contributed by atoms with E-state index in [1.54, 1.807) is 26.0 Å². The Balaban J connectivity index is 0.00000900. The van der Waals surface area contributed by atoms with Gasteiger partial charge in [0.2, 0.25) is 0 Å². The Morgan fingerprint density at radius 2 is 1.81 bits per heavy atom. The zero-order valence-corrected chi connectivity index (χ0v) is 22.1. The van der Waals surface area contributed by atoms with Gasteiger partial charge in [-0.15, -0.1) is 24.0 Å². The molecule has 0 aliphatic carbocycles. The molecule has 8 nitrogen and oxygen atoms in total. The number of carbonyl (C=O) groups excluding carboxylic acids is 2. The van der Waals surface area contributed by atoms with E-state index in [2.05, 4.69) is 15.6 Å². The highest BCUT2D eigenvalue weighted by atomic mass is 127. The standard InChI is InChI=1S/C22H37N5O3.HI/c1-8-23-20(25-14-15-27(7)21(29)30-22(2,3)4)24-13-12-17-10-9-11-18(16-17)19(28)26(5)6;/h9-11,16H,8,12-15H2,1-7H3,(H2,23,24,25);1H. The van der Waals surface area contributed by atoms with Crippen LogP contribution in [0.5, 0.6) is 0 Å². The molecule has 9 heteroatoms. The molecule has 0 bridgehead atoms. The number of nitrogens with zero attached hydrogens (tertiary/aromatic N) is 3. The maximum atomic E-state index is 12.1. The van der Waals surface area contributed by atoms with Gasteiger partial charge < -0.3 is 25.2 Å². The number of aliphatic imine (C=N–C) groups is 1. The molecule has 0 spiro atoms. The van der Waals surface area contributed by atoms with Gasteiger partial charge in [-0.3, -0.25) is 9.79 Å². The molecular weight excluding hydrogens is 509 g/mol. The van der Waals surface area contributed by atoms with E-state index in [1.807, 2.05) is 52.0 Å². The molecule has 0 fully saturated rings. The smallest absolute Gasteiger partial charge is 0.410 e. The summed E-state index contributed by atoms with van der Waals surface area (Å²) in [6.07, 6.45) is 0.376. The van der Waals surface area contributed by atoms with Crippen LogP contribution in [0.4, 0.5) is 4.79 Å². The number of ether oxygens (including phenoxy) is 1. The third-order valence-corrected chi connectivity index (χ3v) is 4.04. The van der Waals surface area contributed by atoms with Crippen LogP contribution in [0.2, 0.25) is 0 Å². The fourth-order valence-electron chi connectivity index (χ4n) is 2.53. The highest BCUT2D eigenvalue weighted by Gasteiger charge is 2.19. The summed E-state index contributed by atoms with van der Waals surface area (Å²) in [5.74, 6) is 0.681. The summed E-state index contributed by atoms with van der Waals surface area (Å²) >= 11 is 0. The van der Waals surface area contributed by atoms with Gasteiger partial charge in [-0.1, -0.05) is 12.1 Å². The summed E-state index contributed by atoms with van der Waals surface area (Å²) in [5.41, 5.74) is 1.23. The predicted molar refractivity (Wildman–Crippen MR) is 136 cm³/mol. The summed E-state index contributed by atoms with van der Waals surface area (Å²) in [6, 6.07) is 7.62. The molecule has 0 saturated heterocycles. The van der Waals surface area contributed by atoms with Crippen molar-refractivity contribution in [3.8, 4) is 0 Å². The SMILES string of the molecule is CCNC(=NCCc1cccc(C(=O)N(C)C)c1)NCCN(C)C(=O)OC(C)(C)C.I. The summed E-state index contributed by atoms with van der Waals surface area (Å²) < 4.78 is 5.35. The minimum absolute atomic E-state index is 0. The van der Waals surface area contributed by atoms with Crippen LogP contribution in [-0.2, 0) is 11.2 Å². The largest absolute Gasteiger partial charge is 0.444 e. The van der Waals surface area contributed by atoms with Gasteiger partial charge in [0.05, 0.1) is 0 Å². The number of nitrogens with one attached hydrogen (secondary N) is 2. The lowest BCUT2D eigenvalue weighted by Crippen LogP contribution is -2.43. The topological polar surface area (TPSA) is 86.3 Å². The zero-order valence-electron chi connectivity index (χ0n) is 19.8. The first-order valence-corrected chi connectivity index (χ1v) is 10.3. The lowest BCUT2D eigenvalue weighted by Gasteiger charge is -2.24. The van der Waals surface area contributed by atoms with E-state index < -0.39 is 5.60 Å². The molecule has 31 heavy (non-hydrogen) atoms. The van der Waals surface area contributed by atoms with Crippen molar-refractivity contribution in [1.82, 2.24) is 20.4 Å². The Morgan fingerprint density at radius 1 is 1.13 bits per heavy atom. The van der Waals surface area contributed by atoms with Crippen LogP contribution in [0.1, 0.15) is 43.6 Å². The van der Waals surface area contributed by atoms with Crippen molar-refractivity contribution in [3.63, 3.8) is 0 Å². The second kappa shape index (κ2) is 14.1. The maximum Gasteiger partial charge on any atom is 0.410 e. The summed E-state index contributed by atoms with van der Waals surface area (Å²) in [7, 11) is 5.20. The van der Waals surface area contributed by atoms with Gasteiger partial charge >= 0.3 is 6.09 Å². The molecule has 2 amide bonds. The quantitative estimate of drug-likeness (QED) is 0.297. The summed E-state index contributed by atoms with van der Waals surface area (Å²) in [6.45, 7) is 9.90. The van der Waals surface area contributed by atoms with Crippen LogP contribution in [0, 0.1) is 0 Å². The zero-order chi connectivity index (χ0) is 22.7. The van der Waals surface area contributed by atoms with Crippen LogP contribution >= 0.6 is 24.0 Å². The van der Waals surface area contributed by atoms with Gasteiger partial charge in [-0.2, -0.15) is 0 Å². The monoisotopic (exact) mass is 547 g/mol. The third-order valence-electron chi connectivity index (χ3n) is 4.04. The summed E-state index contributed by atoms with van der Waals surface area (Å²) in [4.78, 5) is 31.8. The maximum absolute atomic E-state index is 12.1. The Hall–Kier alpha value is -2.04. The number of rotatable bonds is 8. The molecule has 0 heterocycles. The minimum Gasteiger partial charge on any atom is -0.444 e. The van der Waals surface area contributed by atoms with E-state index in [0.717, 1.165) is 18.5 Å². The molecule has 1 rings (SSSR count). The van der Waals surface area contributed by atoms with Gasteiger partial charge in [-0.25, -0.2) is 4.79 Å². The Labute approximate surface area is 203 Å². The number of likely N-dealkylation sites (N-methyl/N-ethyl adjacent to an activating group) is 1. The molecule has 0 aliphatic rings. The summed E-state index contributed by atoms with van der Waals surface area (Å²) in [5, 5.41) is 6.43. The Kier molecular flexibility index (Phi) is 13.2. The molecule has 1 aromatic rings. The van der Waals surface area contributed by atoms with Crippen LogP contribution in [0.15, 0.2) is 29.3 Å². The lowest BCUT2D eigenvalue weighted by atomic mass is 10.1. The van der Waals surface area contributed by atoms with Crippen LogP contribution in [0.3, 0.4) is 0 Å². The van der Waals surface area contributed by atoms with Gasteiger partial charge in [0, 0.05) is 52.9 Å². The molecule has 0 saturated carbocycles. The first-order valence-electron chi connectivity index (χ1n) is 10.3. The molecule has 0 radical (unpaired) electrons. The molecule has 0 unspecified atom stereocenters. The Morgan fingerprint density at radius 3 is 2.39 bits per heavy atom. The van der Waals surface area contributed by atoms with Crippen LogP contribution in [-0.4, -0.2) is 80.7 Å². The van der Waals surface area contributed by atoms with Crippen molar-refractivity contribution >= 4 is 41.9 Å². The van der Waals surface area contributed by atoms with Gasteiger partial charge in [0.15, 0.2) is 5.96 Å². The van der Waals surface area contributed by atoms with E-state index in [9.17, 15) is 9.59 Å². The molecule has 0 aromatic heterocycles. The van der Waals surface area contributed by atoms with Crippen molar-refractivity contribution in [2.75, 3.05) is 47.3 Å². The molecule has 0 aliphatic heterocycles. The normalized spacial score (nSPS) is 11.3. The van der Waals surface area contributed by atoms with Gasteiger partial charge in [0.1, 0.15) is 5.60 Å². The highest BCUT2D eigenvalue weighted by Crippen LogP contribution is 2.09. The first kappa shape index (κ1) is 29.0. The Bertz CT molecular complexity index is 732. The lowest BCUT2D eigenvalue weighted by molar-refractivity contribution is 0.0302. The number of hydrogen-bond acceptors (Lipinski definition) is 4. The molecular formula is C22H38IN5O3. The molecule has 0 atom stereocenters. The van der Waals surface area contributed by atoms with Crippen molar-refractivity contribution in [2.45, 2.75) is 39.7 Å². The highest BCUT2D eigenvalue weighted by molar-refractivity contribution is 14.0. The van der Waals surface area contributed by atoms with E-state index >= 15 is 0 Å². The number of amides is 2. The van der Waals surface area contributed by atoms with Crippen LogP contribution < -0.4 is 10.6 Å². The molecule has 176 valence electrons. The average Bonchev–Trinajstić information content (AvgIpc) is 2.66. The fourth-order valence-corrected chi connectivity index (χ4v) is 2.53. The molecule has 2 N–H and O–H groups in total. The number of hydrogen-bond donors (Lipinski definition) is 2. The number of halogens is 1. The second-order valence-corrected chi connectivity index (χ2v) is 8.24. The van der Waals surface area contributed by atoms with E-state index in [0.29, 0.717) is 31.2 Å². The van der Waals surface area contributed by atoms with E-state index in [4.69, 9.17) is 4.74 Å². The predicted octanol–water partition coefficient (Wildman–Crippen LogP) is 2.97. The van der Waals surface area contributed by atoms with E-state index in [1.165, 1.54) is 4.90 Å².